The molecule has 0 bridgehead atoms. The highest BCUT2D eigenvalue weighted by Gasteiger charge is 2.18. The molecular weight excluding hydrogens is 372 g/mol. The average Bonchev–Trinajstić information content (AvgIpc) is 2.71. The molecule has 154 valence electrons. The van der Waals surface area contributed by atoms with E-state index in [1.807, 2.05) is 31.1 Å². The van der Waals surface area contributed by atoms with Gasteiger partial charge in [-0.2, -0.15) is 5.26 Å². The zero-order valence-electron chi connectivity index (χ0n) is 16.7. The number of ether oxygens (including phenoxy) is 1. The van der Waals surface area contributed by atoms with Crippen LogP contribution in [0.2, 0.25) is 0 Å². The quantitative estimate of drug-likeness (QED) is 0.432. The number of benzene rings is 1. The third kappa shape index (κ3) is 7.30. The normalized spacial score (nSPS) is 14.4. The van der Waals surface area contributed by atoms with Crippen molar-refractivity contribution in [2.24, 2.45) is 0 Å². The second kappa shape index (κ2) is 10.9. The Morgan fingerprint density at radius 2 is 1.83 bits per heavy atom. The second-order valence-electron chi connectivity index (χ2n) is 7.09. The predicted molar refractivity (Wildman–Crippen MR) is 109 cm³/mol. The fraction of sp³-hybridized carbons (Fsp3) is 0.429. The number of nitrogens with zero attached hydrogens (tertiary/aromatic N) is 2. The maximum atomic E-state index is 12.1. The van der Waals surface area contributed by atoms with Gasteiger partial charge in [-0.1, -0.05) is 31.4 Å². The van der Waals surface area contributed by atoms with E-state index in [0.717, 1.165) is 37.8 Å². The molecular formula is C21H26N4O4. The van der Waals surface area contributed by atoms with Crippen molar-refractivity contribution in [1.82, 2.24) is 10.6 Å². The maximum Gasteiger partial charge on any atom is 0.349 e. The summed E-state index contributed by atoms with van der Waals surface area (Å²) < 4.78 is 4.85. The first-order chi connectivity index (χ1) is 13.9. The Hall–Kier alpha value is -3.34. The summed E-state index contributed by atoms with van der Waals surface area (Å²) in [7, 11) is 3.81. The molecule has 1 fully saturated rings. The number of imide groups is 1. The van der Waals surface area contributed by atoms with Gasteiger partial charge in [-0.3, -0.25) is 10.1 Å². The van der Waals surface area contributed by atoms with Crippen LogP contribution in [-0.4, -0.2) is 44.7 Å². The van der Waals surface area contributed by atoms with E-state index in [-0.39, 0.29) is 11.6 Å². The van der Waals surface area contributed by atoms with Gasteiger partial charge in [0.2, 0.25) is 0 Å². The van der Waals surface area contributed by atoms with Crippen LogP contribution < -0.4 is 15.5 Å². The van der Waals surface area contributed by atoms with Gasteiger partial charge in [0.25, 0.3) is 5.91 Å². The van der Waals surface area contributed by atoms with Crippen LogP contribution >= 0.6 is 0 Å². The van der Waals surface area contributed by atoms with Crippen molar-refractivity contribution in [2.75, 3.05) is 25.6 Å². The van der Waals surface area contributed by atoms with Crippen molar-refractivity contribution >= 4 is 29.7 Å². The molecule has 2 rings (SSSR count). The van der Waals surface area contributed by atoms with Crippen molar-refractivity contribution in [3.05, 3.63) is 35.4 Å². The number of carbonyl (C=O) groups is 3. The topological polar surface area (TPSA) is 112 Å². The lowest BCUT2D eigenvalue weighted by molar-refractivity contribution is -0.144. The lowest BCUT2D eigenvalue weighted by Gasteiger charge is -2.22. The van der Waals surface area contributed by atoms with Crippen LogP contribution in [-0.2, 0) is 14.3 Å². The first kappa shape index (κ1) is 22.0. The second-order valence-corrected chi connectivity index (χ2v) is 7.09. The molecule has 0 aliphatic heterocycles. The molecule has 1 aromatic carbocycles. The first-order valence-electron chi connectivity index (χ1n) is 9.55. The number of carbonyl (C=O) groups excluding carboxylic acids is 3. The fourth-order valence-corrected chi connectivity index (χ4v) is 3.01. The van der Waals surface area contributed by atoms with Crippen LogP contribution in [0, 0.1) is 11.3 Å². The minimum Gasteiger partial charge on any atom is -0.451 e. The highest BCUT2D eigenvalue weighted by atomic mass is 16.5. The van der Waals surface area contributed by atoms with Gasteiger partial charge in [0.15, 0.2) is 6.61 Å². The zero-order chi connectivity index (χ0) is 21.2. The SMILES string of the molecule is CN(C)c1ccc(/C=C(/C#N)C(=O)OCC(=O)NC(=O)NC2CCCCC2)cc1. The number of esters is 1. The van der Waals surface area contributed by atoms with Crippen molar-refractivity contribution < 1.29 is 19.1 Å². The summed E-state index contributed by atoms with van der Waals surface area (Å²) in [5, 5.41) is 14.1. The third-order valence-corrected chi connectivity index (χ3v) is 4.59. The molecule has 3 amide bonds. The largest absolute Gasteiger partial charge is 0.451 e. The Morgan fingerprint density at radius 1 is 1.17 bits per heavy atom. The van der Waals surface area contributed by atoms with Gasteiger partial charge in [-0.05, 0) is 36.6 Å². The van der Waals surface area contributed by atoms with Gasteiger partial charge >= 0.3 is 12.0 Å². The molecule has 0 spiro atoms. The number of nitriles is 1. The molecule has 1 aliphatic rings. The minimum absolute atomic E-state index is 0.0612. The molecule has 0 unspecified atom stereocenters. The summed E-state index contributed by atoms with van der Waals surface area (Å²) in [5.41, 5.74) is 1.40. The van der Waals surface area contributed by atoms with Gasteiger partial charge in [0.05, 0.1) is 0 Å². The zero-order valence-corrected chi connectivity index (χ0v) is 16.7. The number of hydrogen-bond donors (Lipinski definition) is 2. The average molecular weight is 398 g/mol. The lowest BCUT2D eigenvalue weighted by Crippen LogP contribution is -2.46. The van der Waals surface area contributed by atoms with Crippen LogP contribution in [0.4, 0.5) is 10.5 Å². The molecule has 0 radical (unpaired) electrons. The van der Waals surface area contributed by atoms with Crippen LogP contribution in [0.25, 0.3) is 6.08 Å². The summed E-state index contributed by atoms with van der Waals surface area (Å²) in [4.78, 5) is 37.6. The number of urea groups is 1. The van der Waals surface area contributed by atoms with Gasteiger partial charge in [-0.15, -0.1) is 0 Å². The van der Waals surface area contributed by atoms with Crippen LogP contribution in [0.1, 0.15) is 37.7 Å². The monoisotopic (exact) mass is 398 g/mol. The molecule has 29 heavy (non-hydrogen) atoms. The summed E-state index contributed by atoms with van der Waals surface area (Å²) in [6.45, 7) is -0.643. The maximum absolute atomic E-state index is 12.1. The third-order valence-electron chi connectivity index (χ3n) is 4.59. The van der Waals surface area contributed by atoms with E-state index in [1.165, 1.54) is 6.08 Å². The Bertz CT molecular complexity index is 803. The summed E-state index contributed by atoms with van der Waals surface area (Å²) >= 11 is 0. The molecule has 1 aliphatic carbocycles. The smallest absolute Gasteiger partial charge is 0.349 e. The summed E-state index contributed by atoms with van der Waals surface area (Å²) in [6.07, 6.45) is 6.43. The predicted octanol–water partition coefficient (Wildman–Crippen LogP) is 2.36. The van der Waals surface area contributed by atoms with Gasteiger partial charge in [-0.25, -0.2) is 9.59 Å². The lowest BCUT2D eigenvalue weighted by atomic mass is 9.96. The van der Waals surface area contributed by atoms with Crippen molar-refractivity contribution in [3.63, 3.8) is 0 Å². The molecule has 0 aromatic heterocycles. The van der Waals surface area contributed by atoms with Gasteiger partial charge in [0.1, 0.15) is 11.6 Å². The van der Waals surface area contributed by atoms with Crippen LogP contribution in [0.3, 0.4) is 0 Å². The molecule has 1 aromatic rings. The number of amides is 3. The number of rotatable bonds is 6. The molecule has 0 heterocycles. The standard InChI is InChI=1S/C21H26N4O4/c1-25(2)18-10-8-15(9-11-18)12-16(13-22)20(27)29-14-19(26)24-21(28)23-17-6-4-3-5-7-17/h8-12,17H,3-7,14H2,1-2H3,(H2,23,24,26,28)/b16-12-. The van der Waals surface area contributed by atoms with E-state index in [4.69, 9.17) is 4.74 Å². The van der Waals surface area contributed by atoms with Crippen molar-refractivity contribution in [1.29, 1.82) is 5.26 Å². The molecule has 0 atom stereocenters. The first-order valence-corrected chi connectivity index (χ1v) is 9.55. The Morgan fingerprint density at radius 3 is 2.41 bits per heavy atom. The molecule has 8 heteroatoms. The van der Waals surface area contributed by atoms with Crippen molar-refractivity contribution in [2.45, 2.75) is 38.1 Å². The van der Waals surface area contributed by atoms with E-state index < -0.39 is 24.5 Å². The molecule has 1 saturated carbocycles. The van der Waals surface area contributed by atoms with Crippen LogP contribution in [0.5, 0.6) is 0 Å². The van der Waals surface area contributed by atoms with E-state index in [2.05, 4.69) is 10.6 Å². The van der Waals surface area contributed by atoms with E-state index in [9.17, 15) is 19.6 Å². The fourth-order valence-electron chi connectivity index (χ4n) is 3.01. The van der Waals surface area contributed by atoms with Gasteiger partial charge in [0, 0.05) is 25.8 Å². The highest BCUT2D eigenvalue weighted by molar-refractivity contribution is 6.00. The molecule has 2 N–H and O–H groups in total. The molecule has 0 saturated heterocycles. The van der Waals surface area contributed by atoms with E-state index in [1.54, 1.807) is 18.2 Å². The van der Waals surface area contributed by atoms with Gasteiger partial charge < -0.3 is 15.0 Å². The van der Waals surface area contributed by atoms with Crippen molar-refractivity contribution in [3.8, 4) is 6.07 Å². The van der Waals surface area contributed by atoms with Crippen LogP contribution in [0.15, 0.2) is 29.8 Å². The van der Waals surface area contributed by atoms with E-state index in [0.29, 0.717) is 5.56 Å². The minimum atomic E-state index is -0.924. The highest BCUT2D eigenvalue weighted by Crippen LogP contribution is 2.17. The number of hydrogen-bond acceptors (Lipinski definition) is 6. The Kier molecular flexibility index (Phi) is 8.22. The summed E-state index contributed by atoms with van der Waals surface area (Å²) in [6, 6.07) is 8.47. The summed E-state index contributed by atoms with van der Waals surface area (Å²) in [5.74, 6) is -1.67. The molecule has 8 nitrogen and oxygen atoms in total. The van der Waals surface area contributed by atoms with E-state index >= 15 is 0 Å². The number of anilines is 1. The number of nitrogens with one attached hydrogen (secondary N) is 2. The Balaban J connectivity index is 1.83. The Labute approximate surface area is 170 Å².